The molecule has 2 heterocycles. The normalized spacial score (nSPS) is 29.4. The fraction of sp³-hybridized carbons (Fsp3) is 0.429. The van der Waals surface area contributed by atoms with E-state index >= 15 is 0 Å². The summed E-state index contributed by atoms with van der Waals surface area (Å²) in [6.45, 7) is 0. The Bertz CT molecular complexity index is 745. The van der Waals surface area contributed by atoms with Crippen LogP contribution in [0.5, 0.6) is 0 Å². The molecule has 4 atom stereocenters. The number of nitrogens with two attached hydrogens (primary N) is 1. The first kappa shape index (κ1) is 15.9. The third-order valence-corrected chi connectivity index (χ3v) is 5.24. The number of ether oxygens (including phenoxy) is 1. The molecule has 0 saturated carbocycles. The van der Waals surface area contributed by atoms with Crippen LogP contribution in [0.4, 0.5) is 5.69 Å². The van der Waals surface area contributed by atoms with Gasteiger partial charge in [0.25, 0.3) is 0 Å². The predicted octanol–water partition coefficient (Wildman–Crippen LogP) is 0.151. The summed E-state index contributed by atoms with van der Waals surface area (Å²) in [4.78, 5) is 23.7. The lowest BCUT2D eigenvalue weighted by atomic mass is 9.78. The van der Waals surface area contributed by atoms with E-state index in [1.165, 1.54) is 24.3 Å². The number of aliphatic carboxylic acids is 1. The Balaban J connectivity index is 1.75. The first-order valence-corrected chi connectivity index (χ1v) is 8.64. The summed E-state index contributed by atoms with van der Waals surface area (Å²) in [5, 5.41) is 16.9. The smallest absolute Gasteiger partial charge is 0.310 e. The van der Waals surface area contributed by atoms with Gasteiger partial charge in [0.15, 0.2) is 0 Å². The van der Waals surface area contributed by atoms with Gasteiger partial charge in [-0.05, 0) is 37.1 Å². The number of carbonyl (C=O) groups excluding carboxylic acids is 1. The molecule has 0 aromatic heterocycles. The van der Waals surface area contributed by atoms with Crippen LogP contribution in [0.1, 0.15) is 12.8 Å². The Kier molecular flexibility index (Phi) is 3.86. The van der Waals surface area contributed by atoms with Gasteiger partial charge in [0.2, 0.25) is 15.9 Å². The van der Waals surface area contributed by atoms with Gasteiger partial charge in [-0.1, -0.05) is 0 Å². The second-order valence-electron chi connectivity index (χ2n) is 5.74. The van der Waals surface area contributed by atoms with E-state index < -0.39 is 39.8 Å². The number of carbonyl (C=O) groups is 2. The van der Waals surface area contributed by atoms with Gasteiger partial charge in [-0.15, -0.1) is 0 Å². The van der Waals surface area contributed by atoms with Gasteiger partial charge < -0.3 is 15.2 Å². The summed E-state index contributed by atoms with van der Waals surface area (Å²) in [5.41, 5.74) is 0.370. The van der Waals surface area contributed by atoms with Crippen LogP contribution in [0.15, 0.2) is 29.2 Å². The molecule has 23 heavy (non-hydrogen) atoms. The standard InChI is InChI=1S/C14H16N2O6S/c15-23(20,21)8-3-1-7(2-4-8)16-13(17)11-9-5-6-10(22-9)12(11)14(18)19/h1-4,9-12H,5-6H2,(H,16,17)(H,18,19)(H2,15,20,21)/t9-,10-,11+,12+/m1/s1. The Hall–Kier alpha value is -1.97. The fourth-order valence-electron chi connectivity index (χ4n) is 3.28. The molecule has 3 rings (SSSR count). The Morgan fingerprint density at radius 3 is 2.22 bits per heavy atom. The zero-order valence-electron chi connectivity index (χ0n) is 12.0. The molecule has 0 unspecified atom stereocenters. The average molecular weight is 340 g/mol. The monoisotopic (exact) mass is 340 g/mol. The SMILES string of the molecule is NS(=O)(=O)c1ccc(NC(=O)[C@@H]2[C@@H](C(=O)O)[C@H]3CC[C@H]2O3)cc1. The van der Waals surface area contributed by atoms with E-state index in [0.29, 0.717) is 18.5 Å². The number of sulfonamides is 1. The Morgan fingerprint density at radius 2 is 1.70 bits per heavy atom. The maximum atomic E-state index is 12.4. The van der Waals surface area contributed by atoms with Crippen LogP contribution in [0.3, 0.4) is 0 Å². The third-order valence-electron chi connectivity index (χ3n) is 4.31. The van der Waals surface area contributed by atoms with Crippen LogP contribution in [0, 0.1) is 11.8 Å². The van der Waals surface area contributed by atoms with E-state index in [9.17, 15) is 23.1 Å². The minimum absolute atomic E-state index is 0.0674. The minimum atomic E-state index is -3.80. The maximum Gasteiger partial charge on any atom is 0.310 e. The van der Waals surface area contributed by atoms with Gasteiger partial charge in [-0.2, -0.15) is 0 Å². The molecule has 9 heteroatoms. The zero-order chi connectivity index (χ0) is 16.8. The number of anilines is 1. The molecule has 2 fully saturated rings. The molecule has 8 nitrogen and oxygen atoms in total. The largest absolute Gasteiger partial charge is 0.481 e. The van der Waals surface area contributed by atoms with Crippen molar-refractivity contribution in [1.29, 1.82) is 0 Å². The highest BCUT2D eigenvalue weighted by molar-refractivity contribution is 7.89. The van der Waals surface area contributed by atoms with Crippen molar-refractivity contribution in [3.05, 3.63) is 24.3 Å². The van der Waals surface area contributed by atoms with E-state index in [0.717, 1.165) is 0 Å². The van der Waals surface area contributed by atoms with Gasteiger partial charge >= 0.3 is 5.97 Å². The summed E-state index contributed by atoms with van der Waals surface area (Å²) >= 11 is 0. The number of amides is 1. The lowest BCUT2D eigenvalue weighted by molar-refractivity contribution is -0.147. The molecular formula is C14H16N2O6S. The lowest BCUT2D eigenvalue weighted by Crippen LogP contribution is -2.40. The minimum Gasteiger partial charge on any atom is -0.481 e. The predicted molar refractivity (Wildman–Crippen MR) is 79.0 cm³/mol. The van der Waals surface area contributed by atoms with E-state index in [1.807, 2.05) is 0 Å². The summed E-state index contributed by atoms with van der Waals surface area (Å²) in [6, 6.07) is 5.36. The molecule has 2 aliphatic heterocycles. The van der Waals surface area contributed by atoms with Crippen molar-refractivity contribution in [2.75, 3.05) is 5.32 Å². The number of primary sulfonamides is 1. The van der Waals surface area contributed by atoms with E-state index in [1.54, 1.807) is 0 Å². The van der Waals surface area contributed by atoms with Crippen LogP contribution in [-0.2, 0) is 24.3 Å². The lowest BCUT2D eigenvalue weighted by Gasteiger charge is -2.23. The van der Waals surface area contributed by atoms with Gasteiger partial charge in [0.05, 0.1) is 28.9 Å². The van der Waals surface area contributed by atoms with Crippen molar-refractivity contribution in [2.24, 2.45) is 17.0 Å². The summed E-state index contributed by atoms with van der Waals surface area (Å²) in [7, 11) is -3.80. The first-order chi connectivity index (χ1) is 10.8. The van der Waals surface area contributed by atoms with Crippen molar-refractivity contribution in [1.82, 2.24) is 0 Å². The van der Waals surface area contributed by atoms with Gasteiger partial charge in [-0.3, -0.25) is 9.59 Å². The van der Waals surface area contributed by atoms with E-state index in [4.69, 9.17) is 9.88 Å². The number of fused-ring (bicyclic) bond motifs is 2. The number of rotatable bonds is 4. The molecular weight excluding hydrogens is 324 g/mol. The quantitative estimate of drug-likeness (QED) is 0.714. The van der Waals surface area contributed by atoms with Gasteiger partial charge in [-0.25, -0.2) is 13.6 Å². The number of carboxylic acids is 1. The molecule has 2 bridgehead atoms. The molecule has 0 radical (unpaired) electrons. The number of hydrogen-bond donors (Lipinski definition) is 3. The number of nitrogens with one attached hydrogen (secondary N) is 1. The van der Waals surface area contributed by atoms with Crippen molar-refractivity contribution in [3.8, 4) is 0 Å². The third kappa shape index (κ3) is 2.94. The van der Waals surface area contributed by atoms with Gasteiger partial charge in [0, 0.05) is 5.69 Å². The molecule has 1 amide bonds. The number of hydrogen-bond acceptors (Lipinski definition) is 5. The first-order valence-electron chi connectivity index (χ1n) is 7.09. The maximum absolute atomic E-state index is 12.4. The summed E-state index contributed by atoms with van der Waals surface area (Å²) in [5.74, 6) is -3.07. The fourth-order valence-corrected chi connectivity index (χ4v) is 3.79. The highest BCUT2D eigenvalue weighted by Gasteiger charge is 2.55. The van der Waals surface area contributed by atoms with Crippen molar-refractivity contribution in [2.45, 2.75) is 29.9 Å². The number of carboxylic acid groups (broad SMARTS) is 1. The second-order valence-corrected chi connectivity index (χ2v) is 7.30. The number of benzene rings is 1. The van der Waals surface area contributed by atoms with Crippen LogP contribution >= 0.6 is 0 Å². The highest BCUT2D eigenvalue weighted by Crippen LogP contribution is 2.44. The molecule has 0 spiro atoms. The molecule has 2 aliphatic rings. The summed E-state index contributed by atoms with van der Waals surface area (Å²) in [6.07, 6.45) is 0.508. The molecule has 1 aromatic rings. The summed E-state index contributed by atoms with van der Waals surface area (Å²) < 4.78 is 27.9. The van der Waals surface area contributed by atoms with E-state index in [-0.39, 0.29) is 11.0 Å². The van der Waals surface area contributed by atoms with Crippen LogP contribution in [0.25, 0.3) is 0 Å². The van der Waals surface area contributed by atoms with Gasteiger partial charge in [0.1, 0.15) is 0 Å². The molecule has 0 aliphatic carbocycles. The zero-order valence-corrected chi connectivity index (χ0v) is 12.8. The van der Waals surface area contributed by atoms with Crippen LogP contribution in [0.2, 0.25) is 0 Å². The highest BCUT2D eigenvalue weighted by atomic mass is 32.2. The molecule has 124 valence electrons. The Morgan fingerprint density at radius 1 is 1.13 bits per heavy atom. The second kappa shape index (κ2) is 5.59. The average Bonchev–Trinajstić information content (AvgIpc) is 3.07. The molecule has 2 saturated heterocycles. The molecule has 4 N–H and O–H groups in total. The van der Waals surface area contributed by atoms with Crippen LogP contribution in [-0.4, -0.2) is 37.6 Å². The van der Waals surface area contributed by atoms with Crippen molar-refractivity contribution < 1.29 is 27.9 Å². The van der Waals surface area contributed by atoms with Crippen molar-refractivity contribution in [3.63, 3.8) is 0 Å². The van der Waals surface area contributed by atoms with Crippen molar-refractivity contribution >= 4 is 27.6 Å². The van der Waals surface area contributed by atoms with Crippen LogP contribution < -0.4 is 10.5 Å². The topological polar surface area (TPSA) is 136 Å². The Labute approximate surface area is 132 Å². The molecule has 1 aromatic carbocycles. The van der Waals surface area contributed by atoms with E-state index in [2.05, 4.69) is 5.32 Å².